The second-order valence-electron chi connectivity index (χ2n) is 5.64. The molecule has 1 amide bonds. The van der Waals surface area contributed by atoms with Crippen LogP contribution in [0, 0.1) is 0 Å². The third-order valence-electron chi connectivity index (χ3n) is 4.29. The van der Waals surface area contributed by atoms with Crippen LogP contribution in [0.2, 0.25) is 0 Å². The average molecular weight is 361 g/mol. The van der Waals surface area contributed by atoms with Crippen LogP contribution in [0.1, 0.15) is 23.5 Å². The fourth-order valence-corrected chi connectivity index (χ4v) is 3.61. The van der Waals surface area contributed by atoms with Crippen molar-refractivity contribution < 1.29 is 14.3 Å². The first kappa shape index (κ1) is 17.3. The van der Waals surface area contributed by atoms with Crippen LogP contribution in [-0.4, -0.2) is 35.9 Å². The number of methoxy groups -OCH3 is 2. The van der Waals surface area contributed by atoms with E-state index in [9.17, 15) is 9.59 Å². The van der Waals surface area contributed by atoms with Gasteiger partial charge in [0.2, 0.25) is 5.91 Å². The number of fused-ring (bicyclic) bond motifs is 1. The summed E-state index contributed by atoms with van der Waals surface area (Å²) in [5.41, 5.74) is 0.980. The summed E-state index contributed by atoms with van der Waals surface area (Å²) >= 11 is 1.36. The lowest BCUT2D eigenvalue weighted by Crippen LogP contribution is -2.33. The number of benzene rings is 1. The molecule has 2 heterocycles. The van der Waals surface area contributed by atoms with E-state index < -0.39 is 0 Å². The normalized spacial score (nSPS) is 16.2. The number of hydrogen-bond donors (Lipinski definition) is 1. The second-order valence-corrected chi connectivity index (χ2v) is 6.42. The molecule has 0 aliphatic carbocycles. The van der Waals surface area contributed by atoms with Gasteiger partial charge in [-0.25, -0.2) is 0 Å². The molecule has 8 heteroatoms. The lowest BCUT2D eigenvalue weighted by atomic mass is 9.86. The first-order valence-electron chi connectivity index (χ1n) is 7.66. The van der Waals surface area contributed by atoms with Crippen molar-refractivity contribution >= 4 is 23.5 Å². The predicted octanol–water partition coefficient (Wildman–Crippen LogP) is 1.99. The summed E-state index contributed by atoms with van der Waals surface area (Å²) in [7, 11) is 4.90. The van der Waals surface area contributed by atoms with Crippen LogP contribution in [0.25, 0.3) is 0 Å². The number of amides is 1. The summed E-state index contributed by atoms with van der Waals surface area (Å²) in [5.74, 6) is 1.13. The molecule has 0 spiro atoms. The van der Waals surface area contributed by atoms with Gasteiger partial charge in [-0.15, -0.1) is 0 Å². The largest absolute Gasteiger partial charge is 0.493 e. The van der Waals surface area contributed by atoms with E-state index in [2.05, 4.69) is 10.3 Å². The van der Waals surface area contributed by atoms with Gasteiger partial charge >= 0.3 is 0 Å². The van der Waals surface area contributed by atoms with Gasteiger partial charge in [0.1, 0.15) is 5.82 Å². The van der Waals surface area contributed by atoms with Crippen molar-refractivity contribution in [2.45, 2.75) is 17.5 Å². The number of ether oxygens (including phenoxy) is 2. The Morgan fingerprint density at radius 2 is 1.96 bits per heavy atom. The van der Waals surface area contributed by atoms with E-state index in [4.69, 9.17) is 9.47 Å². The molecule has 1 N–H and O–H groups in total. The minimum Gasteiger partial charge on any atom is -0.493 e. The van der Waals surface area contributed by atoms with Crippen LogP contribution < -0.4 is 20.3 Å². The fourth-order valence-electron chi connectivity index (χ4n) is 3.07. The molecule has 1 aromatic carbocycles. The summed E-state index contributed by atoms with van der Waals surface area (Å²) in [6.07, 6.45) is 2.02. The zero-order valence-electron chi connectivity index (χ0n) is 14.5. The predicted molar refractivity (Wildman–Crippen MR) is 95.9 cm³/mol. The number of hydrogen-bond acceptors (Lipinski definition) is 6. The zero-order chi connectivity index (χ0) is 18.1. The molecule has 0 radical (unpaired) electrons. The summed E-state index contributed by atoms with van der Waals surface area (Å²) in [6, 6.07) is 5.42. The summed E-state index contributed by atoms with van der Waals surface area (Å²) in [4.78, 5) is 29.0. The molecule has 0 bridgehead atoms. The van der Waals surface area contributed by atoms with Crippen LogP contribution in [0.5, 0.6) is 11.5 Å². The molecule has 3 rings (SSSR count). The van der Waals surface area contributed by atoms with Crippen molar-refractivity contribution in [1.82, 2.24) is 9.55 Å². The summed E-state index contributed by atoms with van der Waals surface area (Å²) in [5, 5.41) is 3.36. The Morgan fingerprint density at radius 1 is 1.24 bits per heavy atom. The van der Waals surface area contributed by atoms with Gasteiger partial charge in [-0.05, 0) is 24.0 Å². The van der Waals surface area contributed by atoms with Gasteiger partial charge in [-0.3, -0.25) is 9.59 Å². The molecule has 1 atom stereocenters. The average Bonchev–Trinajstić information content (AvgIpc) is 2.63. The van der Waals surface area contributed by atoms with E-state index in [1.807, 2.05) is 12.3 Å². The number of rotatable bonds is 4. The SMILES string of the molecule is COc1ccc([C@H]2CC(=O)Nc3c2c(=O)nc(SC)n3C)cc1OC. The monoisotopic (exact) mass is 361 g/mol. The first-order chi connectivity index (χ1) is 12.0. The Labute approximate surface area is 149 Å². The van der Waals surface area contributed by atoms with Crippen molar-refractivity contribution in [1.29, 1.82) is 0 Å². The number of nitrogens with one attached hydrogen (secondary N) is 1. The van der Waals surface area contributed by atoms with Gasteiger partial charge in [0.15, 0.2) is 16.7 Å². The smallest absolute Gasteiger partial charge is 0.279 e. The number of nitrogens with zero attached hydrogens (tertiary/aromatic N) is 2. The molecule has 0 saturated carbocycles. The maximum absolute atomic E-state index is 12.6. The van der Waals surface area contributed by atoms with Crippen molar-refractivity contribution in [2.75, 3.05) is 25.8 Å². The lowest BCUT2D eigenvalue weighted by molar-refractivity contribution is -0.116. The number of carbonyl (C=O) groups excluding carboxylic acids is 1. The van der Waals surface area contributed by atoms with Crippen molar-refractivity contribution in [3.05, 3.63) is 39.7 Å². The van der Waals surface area contributed by atoms with Gasteiger partial charge in [0, 0.05) is 19.4 Å². The molecule has 7 nitrogen and oxygen atoms in total. The molecule has 132 valence electrons. The molecule has 1 aromatic heterocycles. The second kappa shape index (κ2) is 6.79. The standard InChI is InChI=1S/C17H19N3O4S/c1-20-15-14(16(22)19-17(20)25-4)10(8-13(21)18-15)9-5-6-11(23-2)12(7-9)24-3/h5-7,10H,8H2,1-4H3,(H,18,21)/t10-/m1/s1. The van der Waals surface area contributed by atoms with E-state index in [0.717, 1.165) is 5.56 Å². The van der Waals surface area contributed by atoms with Gasteiger partial charge in [0.25, 0.3) is 5.56 Å². The fraction of sp³-hybridized carbons (Fsp3) is 0.353. The Bertz CT molecular complexity index is 894. The highest BCUT2D eigenvalue weighted by Crippen LogP contribution is 2.38. The molecule has 0 unspecified atom stereocenters. The van der Waals surface area contributed by atoms with Crippen LogP contribution >= 0.6 is 11.8 Å². The highest BCUT2D eigenvalue weighted by molar-refractivity contribution is 7.98. The van der Waals surface area contributed by atoms with E-state index in [-0.39, 0.29) is 23.8 Å². The summed E-state index contributed by atoms with van der Waals surface area (Å²) < 4.78 is 12.3. The highest BCUT2D eigenvalue weighted by Gasteiger charge is 2.32. The first-order valence-corrected chi connectivity index (χ1v) is 8.89. The van der Waals surface area contributed by atoms with Gasteiger partial charge in [-0.1, -0.05) is 17.8 Å². The number of aromatic nitrogens is 2. The summed E-state index contributed by atoms with van der Waals surface area (Å²) in [6.45, 7) is 0. The molecule has 0 fully saturated rings. The van der Waals surface area contributed by atoms with Crippen LogP contribution in [0.3, 0.4) is 0 Å². The van der Waals surface area contributed by atoms with E-state index in [1.54, 1.807) is 38.0 Å². The molecule has 25 heavy (non-hydrogen) atoms. The minimum atomic E-state index is -0.384. The van der Waals surface area contributed by atoms with Gasteiger partial charge in [-0.2, -0.15) is 4.98 Å². The third kappa shape index (κ3) is 2.97. The van der Waals surface area contributed by atoms with Gasteiger partial charge < -0.3 is 19.4 Å². The number of carbonyl (C=O) groups is 1. The van der Waals surface area contributed by atoms with Crippen molar-refractivity contribution in [2.24, 2.45) is 7.05 Å². The number of anilines is 1. The number of thioether (sulfide) groups is 1. The molecule has 1 aliphatic heterocycles. The Morgan fingerprint density at radius 3 is 2.60 bits per heavy atom. The third-order valence-corrected chi connectivity index (χ3v) is 5.02. The van der Waals surface area contributed by atoms with E-state index in [0.29, 0.717) is 28.0 Å². The van der Waals surface area contributed by atoms with Crippen LogP contribution in [0.4, 0.5) is 5.82 Å². The van der Waals surface area contributed by atoms with Gasteiger partial charge in [0.05, 0.1) is 19.8 Å². The molecular weight excluding hydrogens is 342 g/mol. The maximum atomic E-state index is 12.6. The molecule has 1 aliphatic rings. The highest BCUT2D eigenvalue weighted by atomic mass is 32.2. The quantitative estimate of drug-likeness (QED) is 0.662. The molecule has 2 aromatic rings. The van der Waals surface area contributed by atoms with E-state index >= 15 is 0 Å². The zero-order valence-corrected chi connectivity index (χ0v) is 15.3. The maximum Gasteiger partial charge on any atom is 0.279 e. The van der Waals surface area contributed by atoms with Crippen LogP contribution in [-0.2, 0) is 11.8 Å². The van der Waals surface area contributed by atoms with Crippen LogP contribution in [0.15, 0.2) is 28.2 Å². The topological polar surface area (TPSA) is 82.5 Å². The Kier molecular flexibility index (Phi) is 4.71. The molecule has 0 saturated heterocycles. The van der Waals surface area contributed by atoms with Crippen molar-refractivity contribution in [3.8, 4) is 11.5 Å². The Balaban J connectivity index is 2.19. The van der Waals surface area contributed by atoms with E-state index in [1.165, 1.54) is 11.8 Å². The molecular formula is C17H19N3O4S. The minimum absolute atomic E-state index is 0.138. The van der Waals surface area contributed by atoms with Crippen molar-refractivity contribution in [3.63, 3.8) is 0 Å². The lowest BCUT2D eigenvalue weighted by Gasteiger charge is -2.27. The Hall–Kier alpha value is -2.48.